The zero-order valence-corrected chi connectivity index (χ0v) is 11.9. The Bertz CT molecular complexity index is 681. The van der Waals surface area contributed by atoms with Crippen molar-refractivity contribution in [3.8, 4) is 0 Å². The van der Waals surface area contributed by atoms with E-state index in [9.17, 15) is 4.79 Å². The van der Waals surface area contributed by atoms with Gasteiger partial charge in [-0.1, -0.05) is 5.10 Å². The van der Waals surface area contributed by atoms with Crippen molar-refractivity contribution in [1.82, 2.24) is 30.0 Å². The molecule has 0 spiro atoms. The molecule has 1 N–H and O–H groups in total. The van der Waals surface area contributed by atoms with Crippen LogP contribution >= 0.6 is 0 Å². The third-order valence-electron chi connectivity index (χ3n) is 3.93. The topological polar surface area (TPSA) is 90.5 Å². The molecule has 0 saturated heterocycles. The number of hydrogen-bond acceptors (Lipinski definition) is 5. The van der Waals surface area contributed by atoms with E-state index in [4.69, 9.17) is 0 Å². The molecule has 0 unspecified atom stereocenters. The Hall–Kier alpha value is -2.25. The van der Waals surface area contributed by atoms with Crippen LogP contribution in [0.3, 0.4) is 0 Å². The molecule has 1 amide bonds. The summed E-state index contributed by atoms with van der Waals surface area (Å²) in [5.74, 6) is 0.680. The molecule has 0 aromatic carbocycles. The Morgan fingerprint density at radius 3 is 2.86 bits per heavy atom. The average Bonchev–Trinajstić information content (AvgIpc) is 3.42. The first kappa shape index (κ1) is 12.5. The summed E-state index contributed by atoms with van der Waals surface area (Å²) < 4.78 is 3.51. The van der Waals surface area contributed by atoms with E-state index in [1.54, 1.807) is 4.68 Å². The van der Waals surface area contributed by atoms with Gasteiger partial charge in [0.2, 0.25) is 5.95 Å². The Balaban J connectivity index is 1.59. The van der Waals surface area contributed by atoms with E-state index in [1.807, 2.05) is 17.8 Å². The second-order valence-electron chi connectivity index (χ2n) is 5.69. The fourth-order valence-corrected chi connectivity index (χ4v) is 2.44. The first-order valence-electron chi connectivity index (χ1n) is 7.43. The molecule has 2 aliphatic rings. The lowest BCUT2D eigenvalue weighted by molar-refractivity contribution is 0.102. The average molecular weight is 287 g/mol. The molecule has 0 radical (unpaired) electrons. The summed E-state index contributed by atoms with van der Waals surface area (Å²) in [6.45, 7) is 2.77. The Morgan fingerprint density at radius 2 is 2.19 bits per heavy atom. The monoisotopic (exact) mass is 287 g/mol. The fraction of sp³-hybridized carbons (Fsp3) is 0.615. The molecule has 4 rings (SSSR count). The molecule has 2 aromatic heterocycles. The van der Waals surface area contributed by atoms with Gasteiger partial charge in [0.25, 0.3) is 5.91 Å². The molecular weight excluding hydrogens is 270 g/mol. The Kier molecular flexibility index (Phi) is 2.76. The van der Waals surface area contributed by atoms with E-state index < -0.39 is 0 Å². The summed E-state index contributed by atoms with van der Waals surface area (Å²) in [7, 11) is 0. The van der Waals surface area contributed by atoms with Gasteiger partial charge in [0, 0.05) is 18.7 Å². The van der Waals surface area contributed by atoms with Crippen LogP contribution in [0, 0.1) is 0 Å². The molecule has 110 valence electrons. The van der Waals surface area contributed by atoms with Crippen molar-refractivity contribution in [1.29, 1.82) is 0 Å². The SMILES string of the molecule is CCn1cc(C(=O)Nc2nnnn2C2CC2)c(C2CC2)n1. The van der Waals surface area contributed by atoms with Crippen molar-refractivity contribution in [3.05, 3.63) is 17.5 Å². The Labute approximate surface area is 121 Å². The molecule has 2 heterocycles. The molecule has 2 aromatic rings. The summed E-state index contributed by atoms with van der Waals surface area (Å²) in [5, 5.41) is 18.8. The van der Waals surface area contributed by atoms with E-state index in [-0.39, 0.29) is 5.91 Å². The van der Waals surface area contributed by atoms with Crippen molar-refractivity contribution >= 4 is 11.9 Å². The maximum Gasteiger partial charge on any atom is 0.261 e. The molecular formula is C13H17N7O. The summed E-state index contributed by atoms with van der Waals surface area (Å²) in [6, 6.07) is 0.330. The zero-order valence-electron chi connectivity index (χ0n) is 11.9. The van der Waals surface area contributed by atoms with E-state index in [0.29, 0.717) is 23.5 Å². The highest BCUT2D eigenvalue weighted by Crippen LogP contribution is 2.41. The minimum absolute atomic E-state index is 0.173. The molecule has 2 saturated carbocycles. The van der Waals surface area contributed by atoms with Crippen LogP contribution in [0.4, 0.5) is 5.95 Å². The predicted molar refractivity (Wildman–Crippen MR) is 73.9 cm³/mol. The van der Waals surface area contributed by atoms with Crippen LogP contribution in [0.5, 0.6) is 0 Å². The normalized spacial score (nSPS) is 18.0. The molecule has 8 heteroatoms. The third-order valence-corrected chi connectivity index (χ3v) is 3.93. The van der Waals surface area contributed by atoms with Crippen LogP contribution < -0.4 is 5.32 Å². The maximum absolute atomic E-state index is 12.5. The largest absolute Gasteiger partial charge is 0.289 e. The van der Waals surface area contributed by atoms with E-state index in [2.05, 4.69) is 25.9 Å². The number of rotatable bonds is 5. The van der Waals surface area contributed by atoms with Crippen molar-refractivity contribution in [3.63, 3.8) is 0 Å². The molecule has 0 bridgehead atoms. The third kappa shape index (κ3) is 2.30. The number of nitrogens with one attached hydrogen (secondary N) is 1. The van der Waals surface area contributed by atoms with Crippen LogP contribution in [-0.4, -0.2) is 35.9 Å². The standard InChI is InChI=1S/C13H17N7O/c1-2-19-7-10(11(16-19)8-3-4-8)12(21)14-13-15-17-18-20(13)9-5-6-9/h7-9H,2-6H2,1H3,(H,14,15,18,21). The molecule has 8 nitrogen and oxygen atoms in total. The predicted octanol–water partition coefficient (Wildman–Crippen LogP) is 1.35. The van der Waals surface area contributed by atoms with Gasteiger partial charge in [-0.15, -0.1) is 0 Å². The number of nitrogens with zero attached hydrogens (tertiary/aromatic N) is 6. The van der Waals surface area contributed by atoms with Gasteiger partial charge in [-0.05, 0) is 43.0 Å². The number of anilines is 1. The van der Waals surface area contributed by atoms with Crippen LogP contribution in [0.2, 0.25) is 0 Å². The Morgan fingerprint density at radius 1 is 1.38 bits per heavy atom. The number of aryl methyl sites for hydroxylation is 1. The number of hydrogen-bond donors (Lipinski definition) is 1. The van der Waals surface area contributed by atoms with E-state index >= 15 is 0 Å². The molecule has 2 fully saturated rings. The van der Waals surface area contributed by atoms with Gasteiger partial charge in [-0.3, -0.25) is 14.8 Å². The van der Waals surface area contributed by atoms with Crippen LogP contribution in [0.1, 0.15) is 60.6 Å². The first-order valence-corrected chi connectivity index (χ1v) is 7.43. The smallest absolute Gasteiger partial charge is 0.261 e. The lowest BCUT2D eigenvalue weighted by Gasteiger charge is -2.04. The second-order valence-corrected chi connectivity index (χ2v) is 5.69. The number of tetrazole rings is 1. The lowest BCUT2D eigenvalue weighted by atomic mass is 10.2. The molecule has 0 atom stereocenters. The van der Waals surface area contributed by atoms with Crippen molar-refractivity contribution in [2.24, 2.45) is 0 Å². The van der Waals surface area contributed by atoms with E-state index in [1.165, 1.54) is 0 Å². The first-order chi connectivity index (χ1) is 10.3. The van der Waals surface area contributed by atoms with Crippen molar-refractivity contribution in [2.75, 3.05) is 5.32 Å². The molecule has 21 heavy (non-hydrogen) atoms. The van der Waals surface area contributed by atoms with Gasteiger partial charge in [0.15, 0.2) is 0 Å². The van der Waals surface area contributed by atoms with E-state index in [0.717, 1.165) is 37.9 Å². The van der Waals surface area contributed by atoms with Gasteiger partial charge < -0.3 is 0 Å². The summed E-state index contributed by atoms with van der Waals surface area (Å²) in [4.78, 5) is 12.5. The van der Waals surface area contributed by atoms with Crippen molar-refractivity contribution in [2.45, 2.75) is 51.1 Å². The second kappa shape index (κ2) is 4.64. The number of carbonyl (C=O) groups is 1. The fourth-order valence-electron chi connectivity index (χ4n) is 2.44. The summed E-state index contributed by atoms with van der Waals surface area (Å²) in [6.07, 6.45) is 6.17. The quantitative estimate of drug-likeness (QED) is 0.896. The molecule has 2 aliphatic carbocycles. The number of carbonyl (C=O) groups excluding carboxylic acids is 1. The van der Waals surface area contributed by atoms with Crippen molar-refractivity contribution < 1.29 is 4.79 Å². The zero-order chi connectivity index (χ0) is 14.4. The van der Waals surface area contributed by atoms with Crippen LogP contribution in [0.25, 0.3) is 0 Å². The highest BCUT2D eigenvalue weighted by atomic mass is 16.2. The lowest BCUT2D eigenvalue weighted by Crippen LogP contribution is -2.17. The minimum Gasteiger partial charge on any atom is -0.289 e. The van der Waals surface area contributed by atoms with Crippen LogP contribution in [-0.2, 0) is 6.54 Å². The maximum atomic E-state index is 12.5. The van der Waals surface area contributed by atoms with Crippen LogP contribution in [0.15, 0.2) is 6.20 Å². The van der Waals surface area contributed by atoms with Gasteiger partial charge in [0.1, 0.15) is 0 Å². The summed E-state index contributed by atoms with van der Waals surface area (Å²) >= 11 is 0. The summed E-state index contributed by atoms with van der Waals surface area (Å²) in [5.41, 5.74) is 1.55. The van der Waals surface area contributed by atoms with Gasteiger partial charge in [-0.25, -0.2) is 4.68 Å². The highest BCUT2D eigenvalue weighted by Gasteiger charge is 2.33. The van der Waals surface area contributed by atoms with Gasteiger partial charge >= 0.3 is 0 Å². The minimum atomic E-state index is -0.173. The highest BCUT2D eigenvalue weighted by molar-refractivity contribution is 6.04. The molecule has 0 aliphatic heterocycles. The van der Waals surface area contributed by atoms with Gasteiger partial charge in [-0.2, -0.15) is 5.10 Å². The number of amides is 1. The number of aromatic nitrogens is 6. The van der Waals surface area contributed by atoms with Gasteiger partial charge in [0.05, 0.1) is 17.3 Å².